The maximum Gasteiger partial charge on any atom is 0.432 e. The molecule has 1 fully saturated rings. The van der Waals surface area contributed by atoms with Gasteiger partial charge >= 0.3 is 12.3 Å². The molecular formula is C9H11F3N2O4. The number of nitrogens with zero attached hydrogens (tertiary/aromatic N) is 2. The van der Waals surface area contributed by atoms with Crippen LogP contribution in [-0.4, -0.2) is 67.0 Å². The summed E-state index contributed by atoms with van der Waals surface area (Å²) in [7, 11) is 0. The Morgan fingerprint density at radius 2 is 1.72 bits per heavy atom. The molecule has 0 N–H and O–H groups in total. The highest BCUT2D eigenvalue weighted by Crippen LogP contribution is 2.22. The topological polar surface area (TPSA) is 66.9 Å². The number of hydrogen-bond donors (Lipinski definition) is 0. The molecule has 1 atom stereocenters. The molecule has 1 aliphatic heterocycles. The zero-order valence-electron chi connectivity index (χ0n) is 9.22. The molecule has 0 aliphatic carbocycles. The van der Waals surface area contributed by atoms with Crippen LogP contribution in [0.25, 0.3) is 0 Å². The fourth-order valence-electron chi connectivity index (χ4n) is 1.36. The van der Waals surface area contributed by atoms with E-state index in [1.165, 1.54) is 4.90 Å². The number of ether oxygens (including phenoxy) is 1. The highest BCUT2D eigenvalue weighted by atomic mass is 19.4. The van der Waals surface area contributed by atoms with Crippen LogP contribution in [0, 0.1) is 0 Å². The van der Waals surface area contributed by atoms with Gasteiger partial charge in [0.15, 0.2) is 6.29 Å². The average molecular weight is 268 g/mol. The number of carbonyl (C=O) groups is 3. The van der Waals surface area contributed by atoms with Crippen molar-refractivity contribution in [3.63, 3.8) is 0 Å². The van der Waals surface area contributed by atoms with Crippen molar-refractivity contribution in [1.82, 2.24) is 9.80 Å². The fourth-order valence-corrected chi connectivity index (χ4v) is 1.36. The summed E-state index contributed by atoms with van der Waals surface area (Å²) in [6.45, 7) is 0.578. The summed E-state index contributed by atoms with van der Waals surface area (Å²) in [5, 5.41) is 0. The fraction of sp³-hybridized carbons (Fsp3) is 0.667. The van der Waals surface area contributed by atoms with Gasteiger partial charge in [0.1, 0.15) is 0 Å². The SMILES string of the molecule is O=CC(OC(=O)N1CCN(C=O)CC1)C(F)(F)F. The predicted molar refractivity (Wildman–Crippen MR) is 51.6 cm³/mol. The van der Waals surface area contributed by atoms with Crippen LogP contribution in [0.1, 0.15) is 0 Å². The van der Waals surface area contributed by atoms with Crippen molar-refractivity contribution in [3.8, 4) is 0 Å². The molecule has 1 unspecified atom stereocenters. The lowest BCUT2D eigenvalue weighted by atomic mass is 10.3. The van der Waals surface area contributed by atoms with Crippen molar-refractivity contribution >= 4 is 18.8 Å². The summed E-state index contributed by atoms with van der Waals surface area (Å²) in [6.07, 6.45) is -8.77. The van der Waals surface area contributed by atoms with Crippen LogP contribution in [0.15, 0.2) is 0 Å². The first kappa shape index (κ1) is 14.3. The summed E-state index contributed by atoms with van der Waals surface area (Å²) in [5.74, 6) is 0. The molecule has 1 saturated heterocycles. The molecule has 0 saturated carbocycles. The summed E-state index contributed by atoms with van der Waals surface area (Å²) >= 11 is 0. The van der Waals surface area contributed by atoms with Gasteiger partial charge < -0.3 is 14.5 Å². The molecule has 0 aromatic rings. The molecule has 18 heavy (non-hydrogen) atoms. The van der Waals surface area contributed by atoms with Crippen molar-refractivity contribution in [2.45, 2.75) is 12.3 Å². The Morgan fingerprint density at radius 3 is 2.11 bits per heavy atom. The van der Waals surface area contributed by atoms with Gasteiger partial charge in [0.25, 0.3) is 6.10 Å². The van der Waals surface area contributed by atoms with E-state index in [1.807, 2.05) is 0 Å². The standard InChI is InChI=1S/C9H11F3N2O4/c10-9(11,12)7(5-15)18-8(17)14-3-1-13(6-16)2-4-14/h5-7H,1-4H2. The van der Waals surface area contributed by atoms with Gasteiger partial charge in [0.2, 0.25) is 6.41 Å². The monoisotopic (exact) mass is 268 g/mol. The van der Waals surface area contributed by atoms with Gasteiger partial charge in [-0.1, -0.05) is 0 Å². The lowest BCUT2D eigenvalue weighted by Gasteiger charge is -2.32. The quantitative estimate of drug-likeness (QED) is 0.677. The van der Waals surface area contributed by atoms with E-state index in [0.717, 1.165) is 4.90 Å². The van der Waals surface area contributed by atoms with Crippen molar-refractivity contribution in [3.05, 3.63) is 0 Å². The highest BCUT2D eigenvalue weighted by molar-refractivity contribution is 5.71. The van der Waals surface area contributed by atoms with E-state index < -0.39 is 24.7 Å². The minimum Gasteiger partial charge on any atom is -0.429 e. The van der Waals surface area contributed by atoms with Gasteiger partial charge in [0.05, 0.1) is 0 Å². The summed E-state index contributed by atoms with van der Waals surface area (Å²) in [5.41, 5.74) is 0. The van der Waals surface area contributed by atoms with Crippen LogP contribution in [0.5, 0.6) is 0 Å². The Bertz CT molecular complexity index is 326. The van der Waals surface area contributed by atoms with Gasteiger partial charge in [-0.25, -0.2) is 4.79 Å². The normalized spacial score (nSPS) is 18.2. The number of carbonyl (C=O) groups excluding carboxylic acids is 3. The Morgan fingerprint density at radius 1 is 1.17 bits per heavy atom. The van der Waals surface area contributed by atoms with Crippen LogP contribution in [0.2, 0.25) is 0 Å². The Labute approximate surface area is 100 Å². The van der Waals surface area contributed by atoms with Crippen molar-refractivity contribution in [2.24, 2.45) is 0 Å². The largest absolute Gasteiger partial charge is 0.432 e. The van der Waals surface area contributed by atoms with Crippen molar-refractivity contribution < 1.29 is 32.3 Å². The molecule has 1 heterocycles. The molecule has 0 radical (unpaired) electrons. The molecule has 102 valence electrons. The van der Waals surface area contributed by atoms with Gasteiger partial charge in [-0.15, -0.1) is 0 Å². The molecule has 2 amide bonds. The number of rotatable bonds is 3. The van der Waals surface area contributed by atoms with E-state index >= 15 is 0 Å². The molecule has 0 aromatic carbocycles. The van der Waals surface area contributed by atoms with Gasteiger partial charge in [0, 0.05) is 26.2 Å². The van der Waals surface area contributed by atoms with E-state index in [-0.39, 0.29) is 26.2 Å². The smallest absolute Gasteiger partial charge is 0.429 e. The maximum absolute atomic E-state index is 12.2. The van der Waals surface area contributed by atoms with E-state index in [1.54, 1.807) is 0 Å². The first-order valence-electron chi connectivity index (χ1n) is 5.05. The van der Waals surface area contributed by atoms with Crippen LogP contribution in [-0.2, 0) is 14.3 Å². The molecule has 1 aliphatic rings. The van der Waals surface area contributed by atoms with Crippen LogP contribution in [0.3, 0.4) is 0 Å². The van der Waals surface area contributed by atoms with Gasteiger partial charge in [-0.05, 0) is 0 Å². The summed E-state index contributed by atoms with van der Waals surface area (Å²) in [4.78, 5) is 34.3. The Hall–Kier alpha value is -1.80. The first-order valence-corrected chi connectivity index (χ1v) is 5.05. The van der Waals surface area contributed by atoms with Crippen LogP contribution in [0.4, 0.5) is 18.0 Å². The highest BCUT2D eigenvalue weighted by Gasteiger charge is 2.43. The number of hydrogen-bond acceptors (Lipinski definition) is 4. The average Bonchev–Trinajstić information content (AvgIpc) is 2.34. The Balaban J connectivity index is 2.51. The summed E-state index contributed by atoms with van der Waals surface area (Å²) in [6, 6.07) is 0. The minimum absolute atomic E-state index is 0.0704. The molecule has 0 spiro atoms. The van der Waals surface area contributed by atoms with Crippen LogP contribution >= 0.6 is 0 Å². The molecule has 0 bridgehead atoms. The minimum atomic E-state index is -4.91. The number of aldehydes is 1. The van der Waals surface area contributed by atoms with E-state index in [0.29, 0.717) is 6.41 Å². The lowest BCUT2D eigenvalue weighted by molar-refractivity contribution is -0.199. The van der Waals surface area contributed by atoms with Gasteiger partial charge in [-0.2, -0.15) is 13.2 Å². The zero-order chi connectivity index (χ0) is 13.8. The van der Waals surface area contributed by atoms with E-state index in [9.17, 15) is 27.6 Å². The second-order valence-corrected chi connectivity index (χ2v) is 3.61. The Kier molecular flexibility index (Phi) is 4.51. The van der Waals surface area contributed by atoms with Crippen LogP contribution < -0.4 is 0 Å². The number of amides is 2. The number of piperazine rings is 1. The molecular weight excluding hydrogens is 257 g/mol. The molecule has 6 nitrogen and oxygen atoms in total. The second kappa shape index (κ2) is 5.69. The zero-order valence-corrected chi connectivity index (χ0v) is 9.22. The second-order valence-electron chi connectivity index (χ2n) is 3.61. The third-order valence-electron chi connectivity index (χ3n) is 2.40. The molecule has 0 aromatic heterocycles. The third kappa shape index (κ3) is 3.60. The van der Waals surface area contributed by atoms with Crippen molar-refractivity contribution in [2.75, 3.05) is 26.2 Å². The number of alkyl halides is 3. The van der Waals surface area contributed by atoms with E-state index in [4.69, 9.17) is 0 Å². The maximum atomic E-state index is 12.2. The summed E-state index contributed by atoms with van der Waals surface area (Å²) < 4.78 is 40.6. The first-order chi connectivity index (χ1) is 8.38. The molecule has 9 heteroatoms. The molecule has 1 rings (SSSR count). The number of halogens is 3. The predicted octanol–water partition coefficient (Wildman–Crippen LogP) is 0.0268. The van der Waals surface area contributed by atoms with E-state index in [2.05, 4.69) is 4.74 Å². The lowest BCUT2D eigenvalue weighted by Crippen LogP contribution is -2.50. The van der Waals surface area contributed by atoms with Gasteiger partial charge in [-0.3, -0.25) is 9.59 Å². The van der Waals surface area contributed by atoms with Crippen molar-refractivity contribution in [1.29, 1.82) is 0 Å². The third-order valence-corrected chi connectivity index (χ3v) is 2.40.